The lowest BCUT2D eigenvalue weighted by Crippen LogP contribution is -2.22. The molecular formula is C10H14Br2Si. The molecule has 0 heterocycles. The summed E-state index contributed by atoms with van der Waals surface area (Å²) in [4.78, 5) is 0. The van der Waals surface area contributed by atoms with Crippen LogP contribution in [0, 0.1) is 5.92 Å². The van der Waals surface area contributed by atoms with Gasteiger partial charge in [0.1, 0.15) is 0 Å². The molecule has 0 amide bonds. The normalized spacial score (nSPS) is 11.2. The van der Waals surface area contributed by atoms with Crippen LogP contribution in [0.2, 0.25) is 0 Å². The third kappa shape index (κ3) is 3.56. The first-order chi connectivity index (χ1) is 6.11. The molecule has 0 aliphatic rings. The van der Waals surface area contributed by atoms with Crippen molar-refractivity contribution in [3.8, 4) is 0 Å². The Labute approximate surface area is 97.5 Å². The quantitative estimate of drug-likeness (QED) is 0.593. The number of hydrogen-bond donors (Lipinski definition) is 0. The summed E-state index contributed by atoms with van der Waals surface area (Å²) in [5, 5.41) is 1.48. The predicted molar refractivity (Wildman–Crippen MR) is 69.6 cm³/mol. The molecule has 0 spiro atoms. The van der Waals surface area contributed by atoms with Crippen molar-refractivity contribution in [2.75, 3.05) is 0 Å². The van der Waals surface area contributed by atoms with E-state index >= 15 is 0 Å². The molecule has 0 nitrogen and oxygen atoms in total. The summed E-state index contributed by atoms with van der Waals surface area (Å²) < 4.78 is 0. The van der Waals surface area contributed by atoms with Crippen molar-refractivity contribution in [3.05, 3.63) is 29.8 Å². The highest BCUT2D eigenvalue weighted by molar-refractivity contribution is 9.49. The SMILES string of the molecule is CC(C)Cc1ccccc1[SiH](Br)Br. The van der Waals surface area contributed by atoms with E-state index in [2.05, 4.69) is 68.7 Å². The van der Waals surface area contributed by atoms with E-state index in [0.29, 0.717) is 0 Å². The Morgan fingerprint density at radius 2 is 1.85 bits per heavy atom. The fourth-order valence-electron chi connectivity index (χ4n) is 1.37. The molecule has 1 rings (SSSR count). The van der Waals surface area contributed by atoms with Crippen LogP contribution >= 0.6 is 30.6 Å². The second kappa shape index (κ2) is 5.32. The maximum absolute atomic E-state index is 3.68. The van der Waals surface area contributed by atoms with Gasteiger partial charge in [0.05, 0.1) is 0 Å². The van der Waals surface area contributed by atoms with Crippen molar-refractivity contribution >= 4 is 41.8 Å². The highest BCUT2D eigenvalue weighted by atomic mass is 79.9. The van der Waals surface area contributed by atoms with Crippen LogP contribution in [-0.2, 0) is 6.42 Å². The summed E-state index contributed by atoms with van der Waals surface area (Å²) in [6.45, 7) is 4.52. The standard InChI is InChI=1S/C10H14Br2Si/c1-8(2)7-9-5-3-4-6-10(9)13(11)12/h3-6,8,13H,7H2,1-2H3. The molecule has 3 heteroatoms. The molecule has 0 radical (unpaired) electrons. The number of halogens is 2. The van der Waals surface area contributed by atoms with E-state index in [1.807, 2.05) is 0 Å². The van der Waals surface area contributed by atoms with Gasteiger partial charge in [-0.15, -0.1) is 30.6 Å². The Morgan fingerprint density at radius 3 is 2.38 bits per heavy atom. The summed E-state index contributed by atoms with van der Waals surface area (Å²) in [7, 11) is 0. The summed E-state index contributed by atoms with van der Waals surface area (Å²) in [6.07, 6.45) is 1.18. The van der Waals surface area contributed by atoms with E-state index in [1.165, 1.54) is 17.2 Å². The maximum atomic E-state index is 3.68. The lowest BCUT2D eigenvalue weighted by molar-refractivity contribution is 0.649. The first kappa shape index (κ1) is 11.5. The van der Waals surface area contributed by atoms with E-state index in [1.54, 1.807) is 0 Å². The zero-order valence-electron chi connectivity index (χ0n) is 7.93. The minimum Gasteiger partial charge on any atom is -0.109 e. The maximum Gasteiger partial charge on any atom is 0.216 e. The summed E-state index contributed by atoms with van der Waals surface area (Å²) >= 11 is 7.36. The third-order valence-corrected chi connectivity index (χ3v) is 5.91. The highest BCUT2D eigenvalue weighted by Crippen LogP contribution is 2.11. The van der Waals surface area contributed by atoms with Gasteiger partial charge in [0, 0.05) is 0 Å². The largest absolute Gasteiger partial charge is 0.216 e. The van der Waals surface area contributed by atoms with Crippen LogP contribution < -0.4 is 5.19 Å². The van der Waals surface area contributed by atoms with Crippen molar-refractivity contribution in [3.63, 3.8) is 0 Å². The molecule has 13 heavy (non-hydrogen) atoms. The van der Waals surface area contributed by atoms with Crippen molar-refractivity contribution in [1.29, 1.82) is 0 Å². The van der Waals surface area contributed by atoms with Crippen LogP contribution in [0.3, 0.4) is 0 Å². The van der Waals surface area contributed by atoms with E-state index in [9.17, 15) is 0 Å². The van der Waals surface area contributed by atoms with Crippen molar-refractivity contribution in [2.24, 2.45) is 5.92 Å². The van der Waals surface area contributed by atoms with Gasteiger partial charge in [-0.25, -0.2) is 0 Å². The summed E-state index contributed by atoms with van der Waals surface area (Å²) in [5.41, 5.74) is 1.49. The molecule has 1 aromatic rings. The number of benzene rings is 1. The molecule has 0 aromatic heterocycles. The van der Waals surface area contributed by atoms with E-state index in [-0.39, 0.29) is 0 Å². The van der Waals surface area contributed by atoms with Gasteiger partial charge in [-0.2, -0.15) is 0 Å². The first-order valence-corrected chi connectivity index (χ1v) is 11.4. The number of hydrogen-bond acceptors (Lipinski definition) is 0. The molecule has 72 valence electrons. The smallest absolute Gasteiger partial charge is 0.109 e. The van der Waals surface area contributed by atoms with E-state index < -0.39 is 6.04 Å². The topological polar surface area (TPSA) is 0 Å². The van der Waals surface area contributed by atoms with Gasteiger partial charge in [0.15, 0.2) is 0 Å². The van der Waals surface area contributed by atoms with Crippen molar-refractivity contribution < 1.29 is 0 Å². The van der Waals surface area contributed by atoms with Gasteiger partial charge in [-0.3, -0.25) is 0 Å². The van der Waals surface area contributed by atoms with Gasteiger partial charge in [0.25, 0.3) is 0 Å². The summed E-state index contributed by atoms with van der Waals surface area (Å²) in [6, 6.07) is 7.69. The Kier molecular flexibility index (Phi) is 4.69. The second-order valence-corrected chi connectivity index (χ2v) is 14.0. The average molecular weight is 322 g/mol. The highest BCUT2D eigenvalue weighted by Gasteiger charge is 2.10. The zero-order valence-corrected chi connectivity index (χ0v) is 12.3. The Hall–Kier alpha value is 0.397. The molecule has 0 aliphatic carbocycles. The van der Waals surface area contributed by atoms with Crippen molar-refractivity contribution in [1.82, 2.24) is 0 Å². The van der Waals surface area contributed by atoms with Crippen LogP contribution in [0.4, 0.5) is 0 Å². The van der Waals surface area contributed by atoms with Gasteiger partial charge < -0.3 is 0 Å². The lowest BCUT2D eigenvalue weighted by atomic mass is 10.0. The fraction of sp³-hybridized carbons (Fsp3) is 0.400. The molecule has 1 aromatic carbocycles. The van der Waals surface area contributed by atoms with Crippen LogP contribution in [0.5, 0.6) is 0 Å². The van der Waals surface area contributed by atoms with Crippen LogP contribution in [-0.4, -0.2) is 6.04 Å². The predicted octanol–water partition coefficient (Wildman–Crippen LogP) is 3.10. The molecule has 0 saturated carbocycles. The molecule has 0 saturated heterocycles. The number of rotatable bonds is 3. The Morgan fingerprint density at radius 1 is 1.23 bits per heavy atom. The van der Waals surface area contributed by atoms with Crippen molar-refractivity contribution in [2.45, 2.75) is 20.3 Å². The molecule has 0 atom stereocenters. The summed E-state index contributed by atoms with van der Waals surface area (Å²) in [5.74, 6) is 0.730. The third-order valence-electron chi connectivity index (χ3n) is 1.92. The van der Waals surface area contributed by atoms with Crippen LogP contribution in [0.25, 0.3) is 0 Å². The lowest BCUT2D eigenvalue weighted by Gasteiger charge is -2.11. The van der Waals surface area contributed by atoms with Gasteiger partial charge in [-0.05, 0) is 23.1 Å². The monoisotopic (exact) mass is 320 g/mol. The zero-order chi connectivity index (χ0) is 9.84. The first-order valence-electron chi connectivity index (χ1n) is 4.47. The van der Waals surface area contributed by atoms with Crippen LogP contribution in [0.1, 0.15) is 19.4 Å². The molecule has 0 fully saturated rings. The second-order valence-electron chi connectivity index (χ2n) is 3.60. The fourth-order valence-corrected chi connectivity index (χ4v) is 4.80. The average Bonchev–Trinajstić information content (AvgIpc) is 2.03. The molecular weight excluding hydrogens is 308 g/mol. The molecule has 0 N–H and O–H groups in total. The Bertz CT molecular complexity index is 271. The van der Waals surface area contributed by atoms with Gasteiger partial charge in [-0.1, -0.05) is 38.1 Å². The Balaban J connectivity index is 2.91. The van der Waals surface area contributed by atoms with Gasteiger partial charge in [0.2, 0.25) is 6.04 Å². The minimum absolute atomic E-state index is 0.730. The van der Waals surface area contributed by atoms with Crippen LogP contribution in [0.15, 0.2) is 24.3 Å². The van der Waals surface area contributed by atoms with E-state index in [0.717, 1.165) is 5.92 Å². The molecule has 0 bridgehead atoms. The molecule has 0 aliphatic heterocycles. The minimum atomic E-state index is -1.00. The van der Waals surface area contributed by atoms with E-state index in [4.69, 9.17) is 0 Å². The van der Waals surface area contributed by atoms with Gasteiger partial charge >= 0.3 is 0 Å². The molecule has 0 unspecified atom stereocenters.